The van der Waals surface area contributed by atoms with Gasteiger partial charge in [0, 0.05) is 17.7 Å². The third kappa shape index (κ3) is 2.27. The van der Waals surface area contributed by atoms with Gasteiger partial charge in [-0.25, -0.2) is 0 Å². The van der Waals surface area contributed by atoms with E-state index in [1.807, 2.05) is 0 Å². The number of nitrogens with one attached hydrogen (secondary N) is 1. The van der Waals surface area contributed by atoms with Crippen LogP contribution in [0.15, 0.2) is 35.0 Å². The van der Waals surface area contributed by atoms with Gasteiger partial charge in [0.05, 0.1) is 14.7 Å². The van der Waals surface area contributed by atoms with Crippen LogP contribution in [0.2, 0.25) is 0 Å². The summed E-state index contributed by atoms with van der Waals surface area (Å²) in [5, 5.41) is 21.1. The van der Waals surface area contributed by atoms with E-state index in [9.17, 15) is 10.1 Å². The van der Waals surface area contributed by atoms with Crippen LogP contribution in [0.4, 0.5) is 5.69 Å². The van der Waals surface area contributed by atoms with E-state index in [0.717, 1.165) is 3.57 Å². The predicted octanol–water partition coefficient (Wildman–Crippen LogP) is 2.64. The molecule has 0 amide bonds. The van der Waals surface area contributed by atoms with Crippen LogP contribution in [0, 0.1) is 13.7 Å². The van der Waals surface area contributed by atoms with Crippen LogP contribution < -0.4 is 0 Å². The van der Waals surface area contributed by atoms with Gasteiger partial charge in [-0.15, -0.1) is 0 Å². The Labute approximate surface area is 125 Å². The predicted molar refractivity (Wildman–Crippen MR) is 76.7 cm³/mol. The van der Waals surface area contributed by atoms with Crippen molar-refractivity contribution in [2.45, 2.75) is 0 Å². The van der Waals surface area contributed by atoms with Crippen molar-refractivity contribution in [1.29, 1.82) is 0 Å². The van der Waals surface area contributed by atoms with Crippen LogP contribution in [0.5, 0.6) is 0 Å². The third-order valence-corrected chi connectivity index (χ3v) is 3.39. The molecule has 3 rings (SSSR count). The zero-order chi connectivity index (χ0) is 14.1. The number of rotatable bonds is 3. The van der Waals surface area contributed by atoms with Crippen LogP contribution in [0.25, 0.3) is 23.0 Å². The number of hydrogen-bond donors (Lipinski definition) is 1. The van der Waals surface area contributed by atoms with Gasteiger partial charge in [0.1, 0.15) is 5.69 Å². The van der Waals surface area contributed by atoms with E-state index < -0.39 is 4.92 Å². The lowest BCUT2D eigenvalue weighted by Gasteiger charge is -1.93. The van der Waals surface area contributed by atoms with E-state index in [-0.39, 0.29) is 5.69 Å². The first-order valence-corrected chi connectivity index (χ1v) is 6.51. The number of halogens is 1. The highest BCUT2D eigenvalue weighted by Crippen LogP contribution is 2.25. The minimum absolute atomic E-state index is 0.0144. The molecule has 2 heterocycles. The number of aromatic amines is 1. The summed E-state index contributed by atoms with van der Waals surface area (Å²) in [4.78, 5) is 14.4. The van der Waals surface area contributed by atoms with E-state index in [0.29, 0.717) is 23.0 Å². The van der Waals surface area contributed by atoms with Gasteiger partial charge in [-0.2, -0.15) is 10.1 Å². The summed E-state index contributed by atoms with van der Waals surface area (Å²) < 4.78 is 6.01. The van der Waals surface area contributed by atoms with E-state index in [4.69, 9.17) is 4.52 Å². The number of aromatic nitrogens is 4. The topological polar surface area (TPSA) is 111 Å². The van der Waals surface area contributed by atoms with Crippen molar-refractivity contribution in [3.63, 3.8) is 0 Å². The first kappa shape index (κ1) is 12.7. The molecule has 0 fully saturated rings. The highest BCUT2D eigenvalue weighted by atomic mass is 127. The fourth-order valence-electron chi connectivity index (χ4n) is 1.60. The molecule has 8 nitrogen and oxygen atoms in total. The second kappa shape index (κ2) is 5.00. The van der Waals surface area contributed by atoms with Crippen molar-refractivity contribution in [2.75, 3.05) is 0 Å². The van der Waals surface area contributed by atoms with E-state index in [1.165, 1.54) is 12.1 Å². The molecule has 0 aliphatic rings. The van der Waals surface area contributed by atoms with Gasteiger partial charge in [-0.05, 0) is 34.7 Å². The molecule has 0 saturated heterocycles. The largest absolute Gasteiger partial charge is 0.332 e. The van der Waals surface area contributed by atoms with Gasteiger partial charge < -0.3 is 4.52 Å². The van der Waals surface area contributed by atoms with Crippen LogP contribution in [-0.4, -0.2) is 25.3 Å². The molecule has 0 atom stereocenters. The lowest BCUT2D eigenvalue weighted by Crippen LogP contribution is -1.88. The lowest BCUT2D eigenvalue weighted by atomic mass is 10.2. The second-order valence-electron chi connectivity index (χ2n) is 3.82. The minimum Gasteiger partial charge on any atom is -0.332 e. The molecule has 1 N–H and O–H groups in total. The Balaban J connectivity index is 1.94. The molecule has 0 spiro atoms. The van der Waals surface area contributed by atoms with Crippen molar-refractivity contribution in [1.82, 2.24) is 20.3 Å². The van der Waals surface area contributed by atoms with Gasteiger partial charge in [0.2, 0.25) is 5.82 Å². The summed E-state index contributed by atoms with van der Waals surface area (Å²) in [7, 11) is 0. The molecule has 1 aromatic carbocycles. The number of hydrogen-bond acceptors (Lipinski definition) is 6. The number of nitro groups is 1. The molecular formula is C11H6IN5O3. The van der Waals surface area contributed by atoms with Gasteiger partial charge in [0.15, 0.2) is 0 Å². The van der Waals surface area contributed by atoms with Crippen LogP contribution in [0.1, 0.15) is 0 Å². The minimum atomic E-state index is -0.460. The van der Waals surface area contributed by atoms with E-state index in [1.54, 1.807) is 18.3 Å². The SMILES string of the molecule is O=[N+]([O-])c1ccc(-c2noc(-c3[nH]ncc3I)n2)cc1. The Bertz CT molecular complexity index is 764. The van der Waals surface area contributed by atoms with Crippen molar-refractivity contribution < 1.29 is 9.45 Å². The molecule has 3 aromatic rings. The van der Waals surface area contributed by atoms with Crippen molar-refractivity contribution in [3.8, 4) is 23.0 Å². The average molecular weight is 383 g/mol. The zero-order valence-corrected chi connectivity index (χ0v) is 11.9. The van der Waals surface area contributed by atoms with Gasteiger partial charge >= 0.3 is 0 Å². The lowest BCUT2D eigenvalue weighted by molar-refractivity contribution is -0.384. The number of H-pyrrole nitrogens is 1. The number of benzene rings is 1. The fourth-order valence-corrected chi connectivity index (χ4v) is 2.09. The third-order valence-electron chi connectivity index (χ3n) is 2.57. The normalized spacial score (nSPS) is 10.7. The van der Waals surface area contributed by atoms with Gasteiger partial charge in [-0.3, -0.25) is 15.2 Å². The molecule has 0 saturated carbocycles. The fraction of sp³-hybridized carbons (Fsp3) is 0. The van der Waals surface area contributed by atoms with Crippen molar-refractivity contribution in [3.05, 3.63) is 44.1 Å². The first-order valence-electron chi connectivity index (χ1n) is 5.43. The molecule has 100 valence electrons. The molecule has 0 aliphatic carbocycles. The molecule has 9 heteroatoms. The molecule has 0 bridgehead atoms. The van der Waals surface area contributed by atoms with E-state index >= 15 is 0 Å². The number of nitrogens with zero attached hydrogens (tertiary/aromatic N) is 4. The monoisotopic (exact) mass is 383 g/mol. The smallest absolute Gasteiger partial charge is 0.277 e. The molecule has 0 aliphatic heterocycles. The van der Waals surface area contributed by atoms with Gasteiger partial charge in [0.25, 0.3) is 11.6 Å². The maximum atomic E-state index is 10.6. The molecule has 2 aromatic heterocycles. The molecule has 0 unspecified atom stereocenters. The summed E-state index contributed by atoms with van der Waals surface area (Å²) in [6.45, 7) is 0. The quantitative estimate of drug-likeness (QED) is 0.423. The maximum absolute atomic E-state index is 10.6. The Kier molecular flexibility index (Phi) is 3.18. The second-order valence-corrected chi connectivity index (χ2v) is 4.98. The zero-order valence-electron chi connectivity index (χ0n) is 9.78. The Morgan fingerprint density at radius 2 is 2.05 bits per heavy atom. The highest BCUT2D eigenvalue weighted by Gasteiger charge is 2.15. The summed E-state index contributed by atoms with van der Waals surface area (Å²) in [5.74, 6) is 0.681. The standard InChI is InChI=1S/C11H6IN5O3/c12-8-5-13-15-9(8)11-14-10(16-20-11)6-1-3-7(4-2-6)17(18)19/h1-5H,(H,13,15). The molecule has 20 heavy (non-hydrogen) atoms. The molecule has 0 radical (unpaired) electrons. The van der Waals surface area contributed by atoms with E-state index in [2.05, 4.69) is 42.9 Å². The summed E-state index contributed by atoms with van der Waals surface area (Å²) in [6, 6.07) is 5.94. The number of non-ortho nitro benzene ring substituents is 1. The highest BCUT2D eigenvalue weighted by molar-refractivity contribution is 14.1. The Morgan fingerprint density at radius 3 is 2.65 bits per heavy atom. The summed E-state index contributed by atoms with van der Waals surface area (Å²) in [5.41, 5.74) is 1.30. The van der Waals surface area contributed by atoms with Crippen molar-refractivity contribution in [2.24, 2.45) is 0 Å². The van der Waals surface area contributed by atoms with Crippen LogP contribution >= 0.6 is 22.6 Å². The Morgan fingerprint density at radius 1 is 1.30 bits per heavy atom. The van der Waals surface area contributed by atoms with Gasteiger partial charge in [-0.1, -0.05) is 5.16 Å². The summed E-state index contributed by atoms with van der Waals surface area (Å²) >= 11 is 2.10. The number of nitro benzene ring substituents is 1. The maximum Gasteiger partial charge on any atom is 0.277 e. The Hall–Kier alpha value is -2.30. The van der Waals surface area contributed by atoms with Crippen molar-refractivity contribution >= 4 is 28.3 Å². The summed E-state index contributed by atoms with van der Waals surface area (Å²) in [6.07, 6.45) is 1.64. The average Bonchev–Trinajstić information content (AvgIpc) is 3.07. The molecular weight excluding hydrogens is 377 g/mol. The van der Waals surface area contributed by atoms with Crippen LogP contribution in [-0.2, 0) is 0 Å². The van der Waals surface area contributed by atoms with Crippen LogP contribution in [0.3, 0.4) is 0 Å². The first-order chi connectivity index (χ1) is 9.65.